The van der Waals surface area contributed by atoms with Crippen LogP contribution in [0.25, 0.3) is 0 Å². The molecule has 6 nitrogen and oxygen atoms in total. The van der Waals surface area contributed by atoms with Crippen LogP contribution in [0.5, 0.6) is 0 Å². The summed E-state index contributed by atoms with van der Waals surface area (Å²) in [6.07, 6.45) is 7.54. The summed E-state index contributed by atoms with van der Waals surface area (Å²) in [6, 6.07) is 6.98. The minimum Gasteiger partial charge on any atom is -0.368 e. The highest BCUT2D eigenvalue weighted by molar-refractivity contribution is 5.95. The molecule has 0 radical (unpaired) electrons. The van der Waals surface area contributed by atoms with Crippen molar-refractivity contribution in [2.24, 2.45) is 23.2 Å². The van der Waals surface area contributed by atoms with Crippen LogP contribution in [0.1, 0.15) is 76.1 Å². The van der Waals surface area contributed by atoms with Gasteiger partial charge in [0.2, 0.25) is 5.91 Å². The van der Waals surface area contributed by atoms with E-state index in [0.29, 0.717) is 41.3 Å². The number of carbonyl (C=O) groups is 3. The van der Waals surface area contributed by atoms with Crippen molar-refractivity contribution in [3.05, 3.63) is 29.8 Å². The molecule has 4 aliphatic rings. The van der Waals surface area contributed by atoms with Gasteiger partial charge in [-0.1, -0.05) is 6.92 Å². The molecule has 1 amide bonds. The monoisotopic (exact) mass is 466 g/mol. The number of nitrogens with zero attached hydrogens (tertiary/aromatic N) is 1. The molecule has 0 spiro atoms. The first kappa shape index (κ1) is 23.7. The molecule has 2 heterocycles. The normalized spacial score (nSPS) is 37.4. The Morgan fingerprint density at radius 3 is 2.56 bits per heavy atom. The fraction of sp³-hybridized carbons (Fsp3) is 0.679. The first-order chi connectivity index (χ1) is 16.2. The molecule has 1 aromatic rings. The van der Waals surface area contributed by atoms with Crippen LogP contribution in [0.3, 0.4) is 0 Å². The number of amides is 1. The summed E-state index contributed by atoms with van der Waals surface area (Å²) in [5.74, 6) is 2.25. The molecule has 4 fully saturated rings. The largest absolute Gasteiger partial charge is 0.368 e. The van der Waals surface area contributed by atoms with E-state index in [-0.39, 0.29) is 35.4 Å². The number of ketones is 2. The third-order valence-electron chi connectivity index (χ3n) is 9.87. The molecule has 6 atom stereocenters. The van der Waals surface area contributed by atoms with Crippen LogP contribution < -0.4 is 5.32 Å². The maximum absolute atomic E-state index is 12.6. The van der Waals surface area contributed by atoms with Crippen LogP contribution in [-0.2, 0) is 14.3 Å². The fourth-order valence-corrected chi connectivity index (χ4v) is 7.93. The average molecular weight is 467 g/mol. The topological polar surface area (TPSA) is 75.7 Å². The standard InChI is InChI=1S/C28H38N2O4/c1-18(31)19-4-6-20(7-5-19)29-26(33)17-34-25-9-8-23-22-12-15-30-16-21(32)10-14-28(30,3)24(22)11-13-27(23,25)2/h4-7,22-25H,8-17H2,1-3H3,(H,29,33)/t22-,23-,24+,25?,27-,28+/m0/s1. The van der Waals surface area contributed by atoms with Gasteiger partial charge in [-0.2, -0.15) is 0 Å². The van der Waals surface area contributed by atoms with E-state index in [4.69, 9.17) is 4.74 Å². The van der Waals surface area contributed by atoms with E-state index < -0.39 is 0 Å². The molecule has 5 rings (SSSR count). The molecule has 1 aromatic carbocycles. The van der Waals surface area contributed by atoms with Gasteiger partial charge in [-0.05, 0) is 106 Å². The van der Waals surface area contributed by atoms with E-state index in [2.05, 4.69) is 24.1 Å². The Bertz CT molecular complexity index is 975. The van der Waals surface area contributed by atoms with Gasteiger partial charge in [0.15, 0.2) is 5.78 Å². The molecule has 0 aromatic heterocycles. The number of Topliss-reactive ketones (excluding diaryl/α,β-unsaturated/α-hetero) is 2. The van der Waals surface area contributed by atoms with E-state index in [0.717, 1.165) is 32.2 Å². The quantitative estimate of drug-likeness (QED) is 0.648. The van der Waals surface area contributed by atoms with Crippen molar-refractivity contribution in [1.29, 1.82) is 0 Å². The predicted molar refractivity (Wildman–Crippen MR) is 131 cm³/mol. The van der Waals surface area contributed by atoms with E-state index in [1.165, 1.54) is 26.2 Å². The Balaban J connectivity index is 1.20. The maximum atomic E-state index is 12.6. The van der Waals surface area contributed by atoms with Crippen molar-refractivity contribution in [2.75, 3.05) is 25.0 Å². The zero-order valence-electron chi connectivity index (χ0n) is 20.8. The summed E-state index contributed by atoms with van der Waals surface area (Å²) >= 11 is 0. The van der Waals surface area contributed by atoms with Crippen LogP contribution in [0, 0.1) is 23.2 Å². The van der Waals surface area contributed by atoms with Gasteiger partial charge >= 0.3 is 0 Å². The number of anilines is 1. The van der Waals surface area contributed by atoms with E-state index in [1.807, 2.05) is 0 Å². The van der Waals surface area contributed by atoms with E-state index in [1.54, 1.807) is 24.3 Å². The van der Waals surface area contributed by atoms with Gasteiger partial charge in [-0.3, -0.25) is 19.3 Å². The SMILES string of the molecule is CC(=O)c1ccc(NC(=O)COC2CC[C@H]3[C@@H]4CCN5CC(=O)CC[C@]5(C)[C@@H]4CC[C@]23C)cc1. The Kier molecular flexibility index (Phi) is 6.18. The molecule has 184 valence electrons. The number of piperidine rings is 2. The molecule has 0 bridgehead atoms. The summed E-state index contributed by atoms with van der Waals surface area (Å²) in [5.41, 5.74) is 1.59. The summed E-state index contributed by atoms with van der Waals surface area (Å²) in [6.45, 7) is 8.07. The number of carbonyl (C=O) groups excluding carboxylic acids is 3. The minimum atomic E-state index is -0.149. The molecule has 1 unspecified atom stereocenters. The van der Waals surface area contributed by atoms with Crippen molar-refractivity contribution < 1.29 is 19.1 Å². The van der Waals surface area contributed by atoms with Crippen molar-refractivity contribution >= 4 is 23.2 Å². The Hall–Kier alpha value is -2.05. The molecule has 1 N–H and O–H groups in total. The lowest BCUT2D eigenvalue weighted by Gasteiger charge is -2.61. The lowest BCUT2D eigenvalue weighted by Crippen LogP contribution is -2.64. The number of hydrogen-bond donors (Lipinski definition) is 1. The average Bonchev–Trinajstić information content (AvgIpc) is 3.15. The van der Waals surface area contributed by atoms with E-state index >= 15 is 0 Å². The number of hydrogen-bond acceptors (Lipinski definition) is 5. The van der Waals surface area contributed by atoms with Crippen LogP contribution in [0.2, 0.25) is 0 Å². The zero-order valence-corrected chi connectivity index (χ0v) is 20.8. The third-order valence-corrected chi connectivity index (χ3v) is 9.87. The summed E-state index contributed by atoms with van der Waals surface area (Å²) in [5, 5.41) is 2.89. The van der Waals surface area contributed by atoms with E-state index in [9.17, 15) is 14.4 Å². The van der Waals surface area contributed by atoms with Gasteiger partial charge in [0.05, 0.1) is 12.6 Å². The minimum absolute atomic E-state index is 0.0107. The molecule has 2 saturated carbocycles. The Labute approximate surface area is 202 Å². The van der Waals surface area contributed by atoms with Crippen molar-refractivity contribution in [2.45, 2.75) is 77.4 Å². The number of benzene rings is 1. The molecular formula is C28H38N2O4. The van der Waals surface area contributed by atoms with Gasteiger partial charge in [0.25, 0.3) is 0 Å². The maximum Gasteiger partial charge on any atom is 0.250 e. The second-order valence-electron chi connectivity index (χ2n) is 11.6. The Morgan fingerprint density at radius 2 is 1.82 bits per heavy atom. The molecule has 2 aliphatic heterocycles. The van der Waals surface area contributed by atoms with Gasteiger partial charge in [-0.15, -0.1) is 0 Å². The van der Waals surface area contributed by atoms with Crippen LogP contribution in [0.15, 0.2) is 24.3 Å². The van der Waals surface area contributed by atoms with Crippen molar-refractivity contribution in [3.8, 4) is 0 Å². The fourth-order valence-electron chi connectivity index (χ4n) is 7.93. The van der Waals surface area contributed by atoms with Crippen LogP contribution in [0.4, 0.5) is 5.69 Å². The number of fused-ring (bicyclic) bond motifs is 5. The Morgan fingerprint density at radius 1 is 1.06 bits per heavy atom. The molecule has 2 aliphatic carbocycles. The summed E-state index contributed by atoms with van der Waals surface area (Å²) in [7, 11) is 0. The van der Waals surface area contributed by atoms with Crippen LogP contribution >= 0.6 is 0 Å². The third kappa shape index (κ3) is 4.03. The second-order valence-corrected chi connectivity index (χ2v) is 11.6. The lowest BCUT2D eigenvalue weighted by molar-refractivity contribution is -0.150. The summed E-state index contributed by atoms with van der Waals surface area (Å²) in [4.78, 5) is 38.6. The zero-order chi connectivity index (χ0) is 24.1. The first-order valence-corrected chi connectivity index (χ1v) is 13.0. The predicted octanol–water partition coefficient (Wildman–Crippen LogP) is 4.48. The summed E-state index contributed by atoms with van der Waals surface area (Å²) < 4.78 is 6.28. The van der Waals surface area contributed by atoms with Gasteiger partial charge in [0, 0.05) is 23.2 Å². The first-order valence-electron chi connectivity index (χ1n) is 13.0. The highest BCUT2D eigenvalue weighted by atomic mass is 16.5. The van der Waals surface area contributed by atoms with Gasteiger partial charge in [-0.25, -0.2) is 0 Å². The van der Waals surface area contributed by atoms with Crippen molar-refractivity contribution in [3.63, 3.8) is 0 Å². The molecular weight excluding hydrogens is 428 g/mol. The molecule has 2 saturated heterocycles. The number of nitrogens with one attached hydrogen (secondary N) is 1. The van der Waals surface area contributed by atoms with Gasteiger partial charge in [0.1, 0.15) is 12.4 Å². The lowest BCUT2D eigenvalue weighted by atomic mass is 9.52. The van der Waals surface area contributed by atoms with Crippen LogP contribution in [-0.4, -0.2) is 53.7 Å². The smallest absolute Gasteiger partial charge is 0.250 e. The highest BCUT2D eigenvalue weighted by Gasteiger charge is 2.60. The second kappa shape index (κ2) is 8.87. The van der Waals surface area contributed by atoms with Gasteiger partial charge < -0.3 is 10.1 Å². The number of ether oxygens (including phenoxy) is 1. The highest BCUT2D eigenvalue weighted by Crippen LogP contribution is 2.62. The molecule has 34 heavy (non-hydrogen) atoms. The van der Waals surface area contributed by atoms with Crippen molar-refractivity contribution in [1.82, 2.24) is 4.90 Å². The number of rotatable bonds is 5. The molecule has 6 heteroatoms.